The average molecular weight is 498 g/mol. The maximum Gasteiger partial charge on any atom is 0.235 e. The van der Waals surface area contributed by atoms with Crippen molar-refractivity contribution in [3.8, 4) is 0 Å². The number of allylic oxidation sites excluding steroid dienone is 1. The second-order valence-electron chi connectivity index (χ2n) is 3.69. The van der Waals surface area contributed by atoms with E-state index < -0.39 is 0 Å². The van der Waals surface area contributed by atoms with Crippen LogP contribution in [0.3, 0.4) is 0 Å². The Morgan fingerprint density at radius 1 is 1.56 bits per heavy atom. The van der Waals surface area contributed by atoms with Gasteiger partial charge in [0.2, 0.25) is 5.91 Å². The van der Waals surface area contributed by atoms with E-state index in [0.29, 0.717) is 22.2 Å². The standard InChI is InChI=1S/C12H9BrFINO.Y/c1-16-10(6-5-9(15)12(16)17)11-7(13)3-2-4-8(11)14;/h2-4,9H,5H2,1H3;/q-1;. The smallest absolute Gasteiger partial charge is 0.235 e. The minimum atomic E-state index is -0.353. The van der Waals surface area contributed by atoms with Crippen LogP contribution in [-0.4, -0.2) is 21.8 Å². The van der Waals surface area contributed by atoms with E-state index in [-0.39, 0.29) is 48.4 Å². The van der Waals surface area contributed by atoms with E-state index in [1.54, 1.807) is 19.2 Å². The molecule has 0 spiro atoms. The number of benzene rings is 1. The Balaban J connectivity index is 0.00000162. The van der Waals surface area contributed by atoms with E-state index in [0.717, 1.165) is 0 Å². The molecule has 0 aliphatic carbocycles. The largest absolute Gasteiger partial charge is 0.349 e. The summed E-state index contributed by atoms with van der Waals surface area (Å²) in [5.74, 6) is -0.372. The molecule has 18 heavy (non-hydrogen) atoms. The molecule has 0 bridgehead atoms. The zero-order chi connectivity index (χ0) is 12.6. The minimum absolute atomic E-state index is 0. The second kappa shape index (κ2) is 6.91. The monoisotopic (exact) mass is 497 g/mol. The number of carbonyl (C=O) groups is 1. The maximum atomic E-state index is 13.8. The molecule has 1 amide bonds. The van der Waals surface area contributed by atoms with Gasteiger partial charge in [0.15, 0.2) is 0 Å². The minimum Gasteiger partial charge on any atom is -0.349 e. The summed E-state index contributed by atoms with van der Waals surface area (Å²) < 4.78 is 14.3. The van der Waals surface area contributed by atoms with Gasteiger partial charge in [0.05, 0.1) is 9.74 Å². The van der Waals surface area contributed by atoms with Gasteiger partial charge in [-0.15, -0.1) is 11.3 Å². The van der Waals surface area contributed by atoms with Crippen molar-refractivity contribution < 1.29 is 41.9 Å². The summed E-state index contributed by atoms with van der Waals surface area (Å²) in [6, 6.07) is 4.75. The normalized spacial score (nSPS) is 19.3. The topological polar surface area (TPSA) is 20.3 Å². The van der Waals surface area contributed by atoms with Gasteiger partial charge in [-0.25, -0.2) is 10.5 Å². The van der Waals surface area contributed by atoms with Crippen LogP contribution in [0.25, 0.3) is 5.70 Å². The molecule has 1 atom stereocenters. The molecule has 1 heterocycles. The van der Waals surface area contributed by atoms with E-state index in [1.165, 1.54) is 11.0 Å². The van der Waals surface area contributed by atoms with Crippen LogP contribution in [0, 0.1) is 11.9 Å². The SMILES string of the molecule is CN1C(=O)C(I)C[C-]=C1c1c(F)cccc1Br.[Y]. The zero-order valence-corrected chi connectivity index (χ0v) is 16.2. The number of rotatable bonds is 1. The molecule has 6 heteroatoms. The van der Waals surface area contributed by atoms with Crippen molar-refractivity contribution in [1.29, 1.82) is 0 Å². The summed E-state index contributed by atoms with van der Waals surface area (Å²) >= 11 is 5.38. The summed E-state index contributed by atoms with van der Waals surface area (Å²) in [5, 5.41) is 0. The van der Waals surface area contributed by atoms with Gasteiger partial charge in [-0.05, 0) is 6.07 Å². The van der Waals surface area contributed by atoms with Crippen LogP contribution in [0.2, 0.25) is 0 Å². The molecular formula is C12H9BrFINOY-. The number of alkyl halides is 1. The van der Waals surface area contributed by atoms with Crippen molar-refractivity contribution in [1.82, 2.24) is 4.90 Å². The molecule has 0 saturated carbocycles. The first kappa shape index (κ1) is 16.7. The molecule has 2 rings (SSSR count). The summed E-state index contributed by atoms with van der Waals surface area (Å²) in [6.45, 7) is 0. The van der Waals surface area contributed by atoms with E-state index >= 15 is 0 Å². The molecule has 0 N–H and O–H groups in total. The fraction of sp³-hybridized carbons (Fsp3) is 0.250. The molecule has 93 valence electrons. The van der Waals surface area contributed by atoms with Crippen LogP contribution in [0.1, 0.15) is 12.0 Å². The van der Waals surface area contributed by atoms with Crippen LogP contribution in [0.4, 0.5) is 4.39 Å². The summed E-state index contributed by atoms with van der Waals surface area (Å²) in [4.78, 5) is 13.3. The van der Waals surface area contributed by atoms with Crippen LogP contribution < -0.4 is 0 Å². The van der Waals surface area contributed by atoms with Gasteiger partial charge in [-0.3, -0.25) is 4.79 Å². The Hall–Kier alpha value is 0.674. The van der Waals surface area contributed by atoms with Gasteiger partial charge in [-0.2, -0.15) is 0 Å². The summed E-state index contributed by atoms with van der Waals surface area (Å²) in [7, 11) is 1.65. The van der Waals surface area contributed by atoms with Crippen molar-refractivity contribution in [2.45, 2.75) is 10.3 Å². The van der Waals surface area contributed by atoms with E-state index in [2.05, 4.69) is 44.6 Å². The third-order valence-electron chi connectivity index (χ3n) is 2.58. The molecule has 0 fully saturated rings. The first-order chi connectivity index (χ1) is 8.02. The second-order valence-corrected chi connectivity index (χ2v) is 6.05. The quantitative estimate of drug-likeness (QED) is 0.331. The van der Waals surface area contributed by atoms with Gasteiger partial charge in [0, 0.05) is 39.8 Å². The molecule has 1 radical (unpaired) electrons. The number of nitrogens with zero attached hydrogens (tertiary/aromatic N) is 1. The predicted molar refractivity (Wildman–Crippen MR) is 75.9 cm³/mol. The van der Waals surface area contributed by atoms with Gasteiger partial charge in [0.25, 0.3) is 0 Å². The number of hydrogen-bond acceptors (Lipinski definition) is 1. The van der Waals surface area contributed by atoms with Crippen LogP contribution in [-0.2, 0) is 37.5 Å². The Bertz CT molecular complexity index is 489. The number of halogens is 3. The maximum absolute atomic E-state index is 13.8. The molecule has 1 aromatic rings. The van der Waals surface area contributed by atoms with E-state index in [1.807, 2.05) is 0 Å². The predicted octanol–water partition coefficient (Wildman–Crippen LogP) is 3.40. The Morgan fingerprint density at radius 2 is 2.22 bits per heavy atom. The van der Waals surface area contributed by atoms with Crippen molar-refractivity contribution in [3.05, 3.63) is 40.1 Å². The van der Waals surface area contributed by atoms with Crippen LogP contribution >= 0.6 is 38.5 Å². The molecule has 0 aromatic heterocycles. The molecule has 0 saturated heterocycles. The van der Waals surface area contributed by atoms with Crippen LogP contribution in [0.15, 0.2) is 22.7 Å². The summed E-state index contributed by atoms with van der Waals surface area (Å²) in [5.41, 5.74) is 0.902. The van der Waals surface area contributed by atoms with Crippen LogP contribution in [0.5, 0.6) is 0 Å². The molecule has 1 aliphatic rings. The van der Waals surface area contributed by atoms with E-state index in [4.69, 9.17) is 0 Å². The van der Waals surface area contributed by atoms with E-state index in [9.17, 15) is 9.18 Å². The van der Waals surface area contributed by atoms with Gasteiger partial charge < -0.3 is 4.90 Å². The molecule has 2 nitrogen and oxygen atoms in total. The molecule has 1 aliphatic heterocycles. The zero-order valence-electron chi connectivity index (χ0n) is 9.58. The Morgan fingerprint density at radius 3 is 2.83 bits per heavy atom. The first-order valence-electron chi connectivity index (χ1n) is 4.99. The number of hydrogen-bond donors (Lipinski definition) is 0. The molecular weight excluding hydrogens is 489 g/mol. The Kier molecular flexibility index (Phi) is 6.42. The van der Waals surface area contributed by atoms with Crippen molar-refractivity contribution in [2.75, 3.05) is 7.05 Å². The van der Waals surface area contributed by atoms with Gasteiger partial charge in [-0.1, -0.05) is 61.5 Å². The fourth-order valence-electron chi connectivity index (χ4n) is 1.69. The summed E-state index contributed by atoms with van der Waals surface area (Å²) in [6.07, 6.45) is 3.60. The third-order valence-corrected chi connectivity index (χ3v) is 4.22. The molecule has 1 aromatic carbocycles. The third kappa shape index (κ3) is 3.22. The first-order valence-corrected chi connectivity index (χ1v) is 7.03. The number of amides is 1. The number of carbonyl (C=O) groups excluding carboxylic acids is 1. The average Bonchev–Trinajstić information content (AvgIpc) is 2.29. The fourth-order valence-corrected chi connectivity index (χ4v) is 2.86. The van der Waals surface area contributed by atoms with Crippen molar-refractivity contribution in [2.24, 2.45) is 0 Å². The van der Waals surface area contributed by atoms with Gasteiger partial charge in [0.1, 0.15) is 0 Å². The van der Waals surface area contributed by atoms with Crippen molar-refractivity contribution >= 4 is 50.1 Å². The van der Waals surface area contributed by atoms with Crippen molar-refractivity contribution in [3.63, 3.8) is 0 Å². The Labute approximate surface area is 153 Å². The molecule has 1 unspecified atom stereocenters. The van der Waals surface area contributed by atoms with Gasteiger partial charge >= 0.3 is 0 Å².